The van der Waals surface area contributed by atoms with Crippen LogP contribution in [0.4, 0.5) is 0 Å². The zero-order chi connectivity index (χ0) is 19.1. The van der Waals surface area contributed by atoms with Crippen molar-refractivity contribution in [3.05, 3.63) is 64.7 Å². The van der Waals surface area contributed by atoms with Gasteiger partial charge in [-0.05, 0) is 49.2 Å². The molecule has 1 amide bonds. The first-order valence-corrected chi connectivity index (χ1v) is 8.82. The van der Waals surface area contributed by atoms with Crippen LogP contribution >= 0.6 is 0 Å². The highest BCUT2D eigenvalue weighted by molar-refractivity contribution is 6.21. The van der Waals surface area contributed by atoms with Crippen molar-refractivity contribution in [3.63, 3.8) is 0 Å². The molecule has 138 valence electrons. The summed E-state index contributed by atoms with van der Waals surface area (Å²) in [6.45, 7) is 4.04. The summed E-state index contributed by atoms with van der Waals surface area (Å²) in [6, 6.07) is 13.6. The van der Waals surface area contributed by atoms with E-state index in [-0.39, 0.29) is 5.91 Å². The number of hydrazone groups is 1. The number of hydrogen-bond donors (Lipinski definition) is 0. The highest BCUT2D eigenvalue weighted by Crippen LogP contribution is 2.33. The number of carbonyl (C=O) groups excluding carboxylic acids is 1. The van der Waals surface area contributed by atoms with Crippen molar-refractivity contribution in [2.24, 2.45) is 16.2 Å². The number of nitrogens with zero attached hydrogens (tertiary/aromatic N) is 3. The van der Waals surface area contributed by atoms with E-state index < -0.39 is 12.0 Å². The van der Waals surface area contributed by atoms with Gasteiger partial charge in [0, 0.05) is 18.2 Å². The topological polar surface area (TPSA) is 63.5 Å². The number of oxime groups is 1. The summed E-state index contributed by atoms with van der Waals surface area (Å²) >= 11 is 0. The Labute approximate surface area is 158 Å². The summed E-state index contributed by atoms with van der Waals surface area (Å²) in [6.07, 6.45) is -0.531. The molecule has 6 nitrogen and oxygen atoms in total. The number of fused-ring (bicyclic) bond motifs is 1. The molecule has 0 aromatic heterocycles. The number of rotatable bonds is 3. The maximum absolute atomic E-state index is 12.9. The number of carbonyl (C=O) groups is 1. The van der Waals surface area contributed by atoms with Gasteiger partial charge in [-0.1, -0.05) is 23.4 Å². The molecule has 27 heavy (non-hydrogen) atoms. The van der Waals surface area contributed by atoms with Gasteiger partial charge in [0.05, 0.1) is 7.11 Å². The van der Waals surface area contributed by atoms with Crippen LogP contribution in [0.1, 0.15) is 22.3 Å². The van der Waals surface area contributed by atoms with Gasteiger partial charge in [-0.15, -0.1) is 0 Å². The Morgan fingerprint density at radius 1 is 1.04 bits per heavy atom. The lowest BCUT2D eigenvalue weighted by molar-refractivity contribution is -0.134. The maximum atomic E-state index is 12.9. The number of ether oxygens (including phenoxy) is 1. The molecule has 4 rings (SSSR count). The average molecular weight is 363 g/mol. The maximum Gasteiger partial charge on any atom is 0.256 e. The van der Waals surface area contributed by atoms with E-state index in [2.05, 4.69) is 10.3 Å². The Bertz CT molecular complexity index is 943. The van der Waals surface area contributed by atoms with Gasteiger partial charge in [0.15, 0.2) is 6.10 Å². The molecule has 2 aliphatic rings. The zero-order valence-electron chi connectivity index (χ0n) is 15.8. The van der Waals surface area contributed by atoms with Gasteiger partial charge in [0.1, 0.15) is 23.1 Å². The molecule has 2 aromatic carbocycles. The van der Waals surface area contributed by atoms with Gasteiger partial charge in [0.2, 0.25) is 0 Å². The molecule has 0 saturated heterocycles. The fraction of sp³-hybridized carbons (Fsp3) is 0.286. The summed E-state index contributed by atoms with van der Waals surface area (Å²) in [5.41, 5.74) is 5.36. The van der Waals surface area contributed by atoms with Crippen molar-refractivity contribution in [2.45, 2.75) is 20.0 Å². The van der Waals surface area contributed by atoms with Crippen LogP contribution in [0.15, 0.2) is 52.7 Å². The molecule has 0 N–H and O–H groups in total. The third-order valence-electron chi connectivity index (χ3n) is 5.10. The van der Waals surface area contributed by atoms with Crippen LogP contribution in [-0.2, 0) is 9.63 Å². The van der Waals surface area contributed by atoms with Crippen LogP contribution in [0.3, 0.4) is 0 Å². The van der Waals surface area contributed by atoms with Crippen LogP contribution in [0.5, 0.6) is 5.75 Å². The zero-order valence-corrected chi connectivity index (χ0v) is 15.8. The number of methoxy groups -OCH3 is 1. The van der Waals surface area contributed by atoms with Crippen molar-refractivity contribution >= 4 is 17.3 Å². The van der Waals surface area contributed by atoms with Gasteiger partial charge >= 0.3 is 0 Å². The van der Waals surface area contributed by atoms with E-state index in [1.807, 2.05) is 56.3 Å². The van der Waals surface area contributed by atoms with Crippen LogP contribution in [0.25, 0.3) is 0 Å². The van der Waals surface area contributed by atoms with Crippen LogP contribution in [0, 0.1) is 19.8 Å². The van der Waals surface area contributed by atoms with Gasteiger partial charge < -0.3 is 9.57 Å². The first-order chi connectivity index (χ1) is 13.0. The molecule has 2 aliphatic heterocycles. The molecule has 0 radical (unpaired) electrons. The number of benzene rings is 2. The summed E-state index contributed by atoms with van der Waals surface area (Å²) in [5, 5.41) is 10.2. The molecule has 0 bridgehead atoms. The van der Waals surface area contributed by atoms with E-state index >= 15 is 0 Å². The Hall–Kier alpha value is -3.15. The smallest absolute Gasteiger partial charge is 0.256 e. The Morgan fingerprint density at radius 3 is 2.33 bits per heavy atom. The number of amides is 1. The average Bonchev–Trinajstić information content (AvgIpc) is 3.10. The fourth-order valence-electron chi connectivity index (χ4n) is 3.70. The second-order valence-corrected chi connectivity index (χ2v) is 6.82. The standard InChI is InChI=1S/C21H21N3O3/c1-12-6-5-7-13(2)16(12)19-17-20(27-23-19)18(22-24(3)21(17)25)14-8-10-15(26-4)11-9-14/h5-11,17,20H,1-4H3/t17-,20+/m0/s1. The summed E-state index contributed by atoms with van der Waals surface area (Å²) in [7, 11) is 3.29. The molecular formula is C21H21N3O3. The molecular weight excluding hydrogens is 342 g/mol. The normalized spacial score (nSPS) is 21.3. The molecule has 0 spiro atoms. The Kier molecular flexibility index (Phi) is 4.18. The number of hydrogen-bond acceptors (Lipinski definition) is 5. The van der Waals surface area contributed by atoms with Crippen LogP contribution < -0.4 is 4.74 Å². The fourth-order valence-corrected chi connectivity index (χ4v) is 3.70. The predicted molar refractivity (Wildman–Crippen MR) is 103 cm³/mol. The third kappa shape index (κ3) is 2.77. The molecule has 0 fully saturated rings. The van der Waals surface area contributed by atoms with E-state index in [9.17, 15) is 4.79 Å². The molecule has 0 unspecified atom stereocenters. The molecule has 0 saturated carbocycles. The lowest BCUT2D eigenvalue weighted by atomic mass is 9.83. The van der Waals surface area contributed by atoms with Gasteiger partial charge in [-0.2, -0.15) is 5.10 Å². The van der Waals surface area contributed by atoms with Crippen LogP contribution in [0.2, 0.25) is 0 Å². The van der Waals surface area contributed by atoms with Gasteiger partial charge in [-0.25, -0.2) is 5.01 Å². The summed E-state index contributed by atoms with van der Waals surface area (Å²) in [5.74, 6) is 0.136. The Balaban J connectivity index is 1.76. The van der Waals surface area contributed by atoms with Crippen LogP contribution in [-0.4, -0.2) is 42.6 Å². The Morgan fingerprint density at radius 2 is 1.70 bits per heavy atom. The predicted octanol–water partition coefficient (Wildman–Crippen LogP) is 2.91. The second kappa shape index (κ2) is 6.54. The van der Waals surface area contributed by atoms with E-state index in [4.69, 9.17) is 9.57 Å². The molecule has 6 heteroatoms. The van der Waals surface area contributed by atoms with E-state index in [0.717, 1.165) is 28.0 Å². The molecule has 2 atom stereocenters. The minimum atomic E-state index is -0.531. The van der Waals surface area contributed by atoms with E-state index in [1.165, 1.54) is 5.01 Å². The lowest BCUT2D eigenvalue weighted by Crippen LogP contribution is -2.48. The van der Waals surface area contributed by atoms with E-state index in [0.29, 0.717) is 11.4 Å². The van der Waals surface area contributed by atoms with Crippen molar-refractivity contribution in [1.82, 2.24) is 5.01 Å². The van der Waals surface area contributed by atoms with Crippen molar-refractivity contribution in [3.8, 4) is 5.75 Å². The largest absolute Gasteiger partial charge is 0.497 e. The minimum Gasteiger partial charge on any atom is -0.497 e. The highest BCUT2D eigenvalue weighted by atomic mass is 16.6. The van der Waals surface area contributed by atoms with Crippen molar-refractivity contribution < 1.29 is 14.4 Å². The van der Waals surface area contributed by atoms with Gasteiger partial charge in [-0.3, -0.25) is 4.79 Å². The van der Waals surface area contributed by atoms with E-state index in [1.54, 1.807) is 14.2 Å². The highest BCUT2D eigenvalue weighted by Gasteiger charge is 2.48. The molecule has 2 aromatic rings. The monoisotopic (exact) mass is 363 g/mol. The SMILES string of the molecule is COc1ccc(C2=NN(C)C(=O)[C@H]3C(c4c(C)cccc4C)=NO[C@@H]23)cc1. The first-order valence-electron chi connectivity index (χ1n) is 8.82. The van der Waals surface area contributed by atoms with Crippen molar-refractivity contribution in [1.29, 1.82) is 0 Å². The lowest BCUT2D eigenvalue weighted by Gasteiger charge is -2.29. The second-order valence-electron chi connectivity index (χ2n) is 6.82. The third-order valence-corrected chi connectivity index (χ3v) is 5.10. The van der Waals surface area contributed by atoms with Crippen molar-refractivity contribution in [2.75, 3.05) is 14.2 Å². The summed E-state index contributed by atoms with van der Waals surface area (Å²) in [4.78, 5) is 18.7. The molecule has 0 aliphatic carbocycles. The molecule has 2 heterocycles. The summed E-state index contributed by atoms with van der Waals surface area (Å²) < 4.78 is 5.22. The quantitative estimate of drug-likeness (QED) is 0.842. The minimum absolute atomic E-state index is 0.115. The first kappa shape index (κ1) is 17.3. The van der Waals surface area contributed by atoms with Gasteiger partial charge in [0.25, 0.3) is 5.91 Å². The number of aryl methyl sites for hydroxylation is 2.